The van der Waals surface area contributed by atoms with Crippen LogP contribution in [0.15, 0.2) is 42.5 Å². The highest BCUT2D eigenvalue weighted by Gasteiger charge is 2.13. The minimum atomic E-state index is -0.166. The van der Waals surface area contributed by atoms with Gasteiger partial charge in [0.2, 0.25) is 0 Å². The summed E-state index contributed by atoms with van der Waals surface area (Å²) in [6.45, 7) is 0.924. The fourth-order valence-electron chi connectivity index (χ4n) is 2.23. The maximum absolute atomic E-state index is 12.1. The number of carbonyl (C=O) groups is 1. The van der Waals surface area contributed by atoms with Gasteiger partial charge in [-0.2, -0.15) is 0 Å². The maximum atomic E-state index is 12.1. The van der Waals surface area contributed by atoms with Crippen LogP contribution in [0.2, 0.25) is 0 Å². The highest BCUT2D eigenvalue weighted by atomic mass is 16.3. The van der Waals surface area contributed by atoms with Gasteiger partial charge < -0.3 is 15.7 Å². The molecule has 0 atom stereocenters. The van der Waals surface area contributed by atoms with E-state index >= 15 is 0 Å². The summed E-state index contributed by atoms with van der Waals surface area (Å²) in [7, 11) is 0. The van der Waals surface area contributed by atoms with Gasteiger partial charge in [-0.3, -0.25) is 4.79 Å². The van der Waals surface area contributed by atoms with Crippen molar-refractivity contribution in [2.45, 2.75) is 6.42 Å². The first-order valence-corrected chi connectivity index (χ1v) is 6.19. The number of amides is 1. The average molecular weight is 254 g/mol. The number of anilines is 2. The van der Waals surface area contributed by atoms with Gasteiger partial charge >= 0.3 is 0 Å². The van der Waals surface area contributed by atoms with Crippen LogP contribution in [0.3, 0.4) is 0 Å². The molecule has 1 aliphatic rings. The molecule has 3 rings (SSSR count). The lowest BCUT2D eigenvalue weighted by Crippen LogP contribution is -2.11. The summed E-state index contributed by atoms with van der Waals surface area (Å²) in [4.78, 5) is 12.1. The fourth-order valence-corrected chi connectivity index (χ4v) is 2.23. The maximum Gasteiger partial charge on any atom is 0.255 e. The zero-order chi connectivity index (χ0) is 13.2. The van der Waals surface area contributed by atoms with Crippen LogP contribution in [-0.2, 0) is 6.42 Å². The Bertz CT molecular complexity index is 638. The number of carbonyl (C=O) groups excluding carboxylic acids is 1. The molecule has 0 radical (unpaired) electrons. The number of fused-ring (bicyclic) bond motifs is 1. The van der Waals surface area contributed by atoms with Gasteiger partial charge in [-0.05, 0) is 42.3 Å². The van der Waals surface area contributed by atoms with Crippen LogP contribution in [0.4, 0.5) is 11.4 Å². The summed E-state index contributed by atoms with van der Waals surface area (Å²) in [5.41, 5.74) is 3.49. The Balaban J connectivity index is 1.81. The second-order valence-corrected chi connectivity index (χ2v) is 4.55. The van der Waals surface area contributed by atoms with E-state index in [-0.39, 0.29) is 11.7 Å². The van der Waals surface area contributed by atoms with Crippen LogP contribution in [0.25, 0.3) is 0 Å². The molecule has 2 aromatic rings. The molecule has 1 aliphatic heterocycles. The lowest BCUT2D eigenvalue weighted by atomic mass is 10.1. The van der Waals surface area contributed by atoms with Crippen molar-refractivity contribution in [3.63, 3.8) is 0 Å². The van der Waals surface area contributed by atoms with Crippen molar-refractivity contribution >= 4 is 17.3 Å². The number of phenolic OH excluding ortho intramolecular Hbond substituents is 1. The third-order valence-corrected chi connectivity index (χ3v) is 3.18. The highest BCUT2D eigenvalue weighted by Crippen LogP contribution is 2.23. The average Bonchev–Trinajstić information content (AvgIpc) is 2.85. The minimum absolute atomic E-state index is 0.135. The summed E-state index contributed by atoms with van der Waals surface area (Å²) in [5.74, 6) is -0.0312. The molecule has 19 heavy (non-hydrogen) atoms. The monoisotopic (exact) mass is 254 g/mol. The molecule has 0 unspecified atom stereocenters. The lowest BCUT2D eigenvalue weighted by Gasteiger charge is -2.07. The fraction of sp³-hybridized carbons (Fsp3) is 0.133. The lowest BCUT2D eigenvalue weighted by molar-refractivity contribution is 0.102. The summed E-state index contributed by atoms with van der Waals surface area (Å²) in [6, 6.07) is 12.2. The quantitative estimate of drug-likeness (QED) is 0.772. The minimum Gasteiger partial charge on any atom is -0.508 e. The third-order valence-electron chi connectivity index (χ3n) is 3.18. The molecule has 0 aromatic heterocycles. The van der Waals surface area contributed by atoms with Crippen LogP contribution in [-0.4, -0.2) is 17.6 Å². The number of rotatable bonds is 2. The summed E-state index contributed by atoms with van der Waals surface area (Å²) in [5, 5.41) is 15.4. The van der Waals surface area contributed by atoms with Crippen molar-refractivity contribution < 1.29 is 9.90 Å². The molecule has 96 valence electrons. The second kappa shape index (κ2) is 4.65. The van der Waals surface area contributed by atoms with E-state index in [1.165, 1.54) is 11.6 Å². The molecule has 1 heterocycles. The van der Waals surface area contributed by atoms with Crippen molar-refractivity contribution in [2.75, 3.05) is 17.2 Å². The normalized spacial score (nSPS) is 12.6. The van der Waals surface area contributed by atoms with Crippen LogP contribution >= 0.6 is 0 Å². The van der Waals surface area contributed by atoms with E-state index in [2.05, 4.69) is 10.6 Å². The smallest absolute Gasteiger partial charge is 0.255 e. The number of nitrogens with one attached hydrogen (secondary N) is 2. The largest absolute Gasteiger partial charge is 0.508 e. The molecule has 2 aromatic carbocycles. The number of phenols is 1. The van der Waals surface area contributed by atoms with Crippen molar-refractivity contribution in [3.8, 4) is 5.75 Å². The highest BCUT2D eigenvalue weighted by molar-refractivity contribution is 6.04. The SMILES string of the molecule is O=C(Nc1cccc(O)c1)c1ccc2c(c1)CCN2. The predicted octanol–water partition coefficient (Wildman–Crippen LogP) is 2.61. The van der Waals surface area contributed by atoms with Crippen molar-refractivity contribution in [1.82, 2.24) is 0 Å². The number of hydrogen-bond donors (Lipinski definition) is 3. The van der Waals surface area contributed by atoms with Gasteiger partial charge in [-0.15, -0.1) is 0 Å². The Morgan fingerprint density at radius 2 is 2.11 bits per heavy atom. The first-order valence-electron chi connectivity index (χ1n) is 6.19. The molecule has 4 nitrogen and oxygen atoms in total. The van der Waals surface area contributed by atoms with Crippen molar-refractivity contribution in [1.29, 1.82) is 0 Å². The topological polar surface area (TPSA) is 61.4 Å². The third kappa shape index (κ3) is 2.38. The van der Waals surface area contributed by atoms with Gasteiger partial charge in [0.05, 0.1) is 0 Å². The standard InChI is InChI=1S/C15H14N2O2/c18-13-3-1-2-12(9-13)17-15(19)11-4-5-14-10(8-11)6-7-16-14/h1-5,8-9,16,18H,6-7H2,(H,17,19). The summed E-state index contributed by atoms with van der Waals surface area (Å²) in [6.07, 6.45) is 0.947. The predicted molar refractivity (Wildman–Crippen MR) is 74.7 cm³/mol. The molecule has 1 amide bonds. The molecule has 0 saturated heterocycles. The van der Waals surface area contributed by atoms with Crippen LogP contribution in [0.1, 0.15) is 15.9 Å². The van der Waals surface area contributed by atoms with Gasteiger partial charge in [0.15, 0.2) is 0 Å². The van der Waals surface area contributed by atoms with Gasteiger partial charge in [0.25, 0.3) is 5.91 Å². The Kier molecular flexibility index (Phi) is 2.83. The van der Waals surface area contributed by atoms with Crippen molar-refractivity contribution in [3.05, 3.63) is 53.6 Å². The molecule has 0 spiro atoms. The van der Waals surface area contributed by atoms with E-state index in [1.54, 1.807) is 24.3 Å². The summed E-state index contributed by atoms with van der Waals surface area (Å²) >= 11 is 0. The zero-order valence-corrected chi connectivity index (χ0v) is 10.3. The van der Waals surface area contributed by atoms with E-state index in [0.29, 0.717) is 11.3 Å². The molecular formula is C15H14N2O2. The van der Waals surface area contributed by atoms with E-state index in [0.717, 1.165) is 18.7 Å². The van der Waals surface area contributed by atoms with Gasteiger partial charge in [0.1, 0.15) is 5.75 Å². The van der Waals surface area contributed by atoms with E-state index < -0.39 is 0 Å². The molecule has 3 N–H and O–H groups in total. The second-order valence-electron chi connectivity index (χ2n) is 4.55. The number of aromatic hydroxyl groups is 1. The molecule has 0 saturated carbocycles. The van der Waals surface area contributed by atoms with E-state index in [9.17, 15) is 9.90 Å². The molecule has 4 heteroatoms. The van der Waals surface area contributed by atoms with Crippen molar-refractivity contribution in [2.24, 2.45) is 0 Å². The Labute approximate surface area is 111 Å². The first-order chi connectivity index (χ1) is 9.22. The summed E-state index contributed by atoms with van der Waals surface area (Å²) < 4.78 is 0. The van der Waals surface area contributed by atoms with Gasteiger partial charge in [-0.1, -0.05) is 6.07 Å². The van der Waals surface area contributed by atoms with Gasteiger partial charge in [-0.25, -0.2) is 0 Å². The Morgan fingerprint density at radius 3 is 2.95 bits per heavy atom. The molecule has 0 bridgehead atoms. The molecule has 0 aliphatic carbocycles. The van der Waals surface area contributed by atoms with Crippen LogP contribution < -0.4 is 10.6 Å². The van der Waals surface area contributed by atoms with Gasteiger partial charge in [0, 0.05) is 29.5 Å². The molecule has 0 fully saturated rings. The Hall–Kier alpha value is -2.49. The number of hydrogen-bond acceptors (Lipinski definition) is 3. The van der Waals surface area contributed by atoms with Crippen LogP contribution in [0.5, 0.6) is 5.75 Å². The zero-order valence-electron chi connectivity index (χ0n) is 10.3. The van der Waals surface area contributed by atoms with E-state index in [1.807, 2.05) is 12.1 Å². The number of benzene rings is 2. The first kappa shape index (κ1) is 11.6. The molecular weight excluding hydrogens is 240 g/mol. The van der Waals surface area contributed by atoms with E-state index in [4.69, 9.17) is 0 Å². The van der Waals surface area contributed by atoms with Crippen LogP contribution in [0, 0.1) is 0 Å². The Morgan fingerprint density at radius 1 is 1.21 bits per heavy atom.